The Morgan fingerprint density at radius 3 is 3.00 bits per heavy atom. The smallest absolute Gasteiger partial charge is 0.307 e. The molecule has 0 aromatic carbocycles. The maximum atomic E-state index is 11.0. The van der Waals surface area contributed by atoms with E-state index in [1.165, 1.54) is 11.5 Å². The van der Waals surface area contributed by atoms with Gasteiger partial charge in [-0.2, -0.15) is 4.37 Å². The summed E-state index contributed by atoms with van der Waals surface area (Å²) in [7, 11) is 0. The molecular formula is C10H17N3O2S. The van der Waals surface area contributed by atoms with Gasteiger partial charge in [-0.25, -0.2) is 4.98 Å². The molecule has 0 radical (unpaired) electrons. The molecule has 0 aliphatic heterocycles. The Balaban J connectivity index is 2.23. The molecule has 1 aromatic rings. The van der Waals surface area contributed by atoms with Crippen molar-refractivity contribution in [3.05, 3.63) is 5.82 Å². The minimum atomic E-state index is -0.187. The molecule has 0 amide bonds. The molecule has 1 heterocycles. The second-order valence-corrected chi connectivity index (χ2v) is 4.00. The van der Waals surface area contributed by atoms with Gasteiger partial charge in [0, 0.05) is 24.5 Å². The van der Waals surface area contributed by atoms with Crippen molar-refractivity contribution in [1.29, 1.82) is 0 Å². The van der Waals surface area contributed by atoms with Crippen molar-refractivity contribution < 1.29 is 9.53 Å². The zero-order valence-electron chi connectivity index (χ0n) is 9.65. The molecule has 1 aromatic heterocycles. The van der Waals surface area contributed by atoms with E-state index < -0.39 is 0 Å². The summed E-state index contributed by atoms with van der Waals surface area (Å²) >= 11 is 1.33. The van der Waals surface area contributed by atoms with Crippen LogP contribution in [0.5, 0.6) is 0 Å². The highest BCUT2D eigenvalue weighted by atomic mass is 32.1. The molecule has 0 saturated carbocycles. The molecule has 0 fully saturated rings. The van der Waals surface area contributed by atoms with Crippen LogP contribution < -0.4 is 5.32 Å². The van der Waals surface area contributed by atoms with E-state index in [1.807, 2.05) is 0 Å². The summed E-state index contributed by atoms with van der Waals surface area (Å²) in [5, 5.41) is 3.83. The molecular weight excluding hydrogens is 226 g/mol. The minimum Gasteiger partial charge on any atom is -0.466 e. The lowest BCUT2D eigenvalue weighted by atomic mass is 10.3. The Morgan fingerprint density at radius 1 is 1.50 bits per heavy atom. The second kappa shape index (κ2) is 7.16. The molecule has 0 bridgehead atoms. The van der Waals surface area contributed by atoms with E-state index in [1.54, 1.807) is 6.92 Å². The van der Waals surface area contributed by atoms with Crippen molar-refractivity contribution in [1.82, 2.24) is 9.36 Å². The summed E-state index contributed by atoms with van der Waals surface area (Å²) in [6.45, 7) is 4.86. The van der Waals surface area contributed by atoms with Crippen molar-refractivity contribution in [2.75, 3.05) is 18.5 Å². The van der Waals surface area contributed by atoms with Crippen LogP contribution in [0.1, 0.15) is 32.5 Å². The molecule has 0 spiro atoms. The van der Waals surface area contributed by atoms with Gasteiger partial charge in [0.15, 0.2) is 0 Å². The predicted octanol–water partition coefficient (Wildman–Crippen LogP) is 1.86. The van der Waals surface area contributed by atoms with Gasteiger partial charge in [0.25, 0.3) is 0 Å². The van der Waals surface area contributed by atoms with Crippen molar-refractivity contribution in [3.63, 3.8) is 0 Å². The maximum Gasteiger partial charge on any atom is 0.307 e. The van der Waals surface area contributed by atoms with Crippen LogP contribution in [-0.4, -0.2) is 28.5 Å². The Kier molecular flexibility index (Phi) is 5.77. The average molecular weight is 243 g/mol. The van der Waals surface area contributed by atoms with Crippen molar-refractivity contribution in [2.45, 2.75) is 33.1 Å². The Hall–Kier alpha value is -1.17. The first kappa shape index (κ1) is 12.9. The lowest BCUT2D eigenvalue weighted by Gasteiger charge is -2.01. The summed E-state index contributed by atoms with van der Waals surface area (Å²) in [4.78, 5) is 15.3. The first-order valence-corrected chi connectivity index (χ1v) is 6.25. The number of hydrogen-bond donors (Lipinski definition) is 1. The van der Waals surface area contributed by atoms with Crippen molar-refractivity contribution in [3.8, 4) is 0 Å². The van der Waals surface area contributed by atoms with E-state index in [4.69, 9.17) is 4.74 Å². The summed E-state index contributed by atoms with van der Waals surface area (Å²) in [5.74, 6) is 0.680. The van der Waals surface area contributed by atoms with Gasteiger partial charge < -0.3 is 10.1 Å². The molecule has 1 rings (SSSR count). The normalized spacial score (nSPS) is 10.1. The lowest BCUT2D eigenvalue weighted by Crippen LogP contribution is -2.11. The van der Waals surface area contributed by atoms with Crippen LogP contribution >= 0.6 is 11.5 Å². The van der Waals surface area contributed by atoms with Gasteiger partial charge in [-0.05, 0) is 13.3 Å². The van der Waals surface area contributed by atoms with E-state index >= 15 is 0 Å². The fourth-order valence-corrected chi connectivity index (χ4v) is 1.79. The van der Waals surface area contributed by atoms with E-state index in [0.717, 1.165) is 23.8 Å². The minimum absolute atomic E-state index is 0.187. The van der Waals surface area contributed by atoms with Crippen LogP contribution in [-0.2, 0) is 16.0 Å². The molecule has 0 saturated heterocycles. The highest BCUT2D eigenvalue weighted by molar-refractivity contribution is 7.09. The number of rotatable bonds is 7. The zero-order chi connectivity index (χ0) is 11.8. The van der Waals surface area contributed by atoms with Gasteiger partial charge in [0.05, 0.1) is 13.0 Å². The molecule has 0 unspecified atom stereocenters. The Bertz CT molecular complexity index is 328. The van der Waals surface area contributed by atoms with Crippen LogP contribution in [0.25, 0.3) is 0 Å². The Labute approximate surface area is 99.4 Å². The Morgan fingerprint density at radius 2 is 2.31 bits per heavy atom. The van der Waals surface area contributed by atoms with E-state index in [2.05, 4.69) is 21.6 Å². The quantitative estimate of drug-likeness (QED) is 0.740. The number of nitrogens with zero attached hydrogens (tertiary/aromatic N) is 2. The number of hydrogen-bond acceptors (Lipinski definition) is 6. The van der Waals surface area contributed by atoms with Crippen LogP contribution in [0, 0.1) is 0 Å². The van der Waals surface area contributed by atoms with Crippen LogP contribution in [0.2, 0.25) is 0 Å². The van der Waals surface area contributed by atoms with Crippen molar-refractivity contribution in [2.24, 2.45) is 0 Å². The first-order chi connectivity index (χ1) is 7.76. The van der Waals surface area contributed by atoms with E-state index in [-0.39, 0.29) is 5.97 Å². The van der Waals surface area contributed by atoms with Crippen LogP contribution in [0.4, 0.5) is 5.13 Å². The molecule has 90 valence electrons. The SMILES string of the molecule is CCCc1nsc(NCCC(=O)OCC)n1. The highest BCUT2D eigenvalue weighted by Crippen LogP contribution is 2.11. The predicted molar refractivity (Wildman–Crippen MR) is 63.6 cm³/mol. The average Bonchev–Trinajstić information content (AvgIpc) is 2.67. The summed E-state index contributed by atoms with van der Waals surface area (Å²) in [6, 6.07) is 0. The number of carbonyl (C=O) groups is 1. The third-order valence-electron chi connectivity index (χ3n) is 1.85. The van der Waals surface area contributed by atoms with Crippen LogP contribution in [0.3, 0.4) is 0 Å². The van der Waals surface area contributed by atoms with Gasteiger partial charge in [0.1, 0.15) is 5.82 Å². The summed E-state index contributed by atoms with van der Waals surface area (Å²) in [6.07, 6.45) is 2.30. The number of aromatic nitrogens is 2. The van der Waals surface area contributed by atoms with E-state index in [0.29, 0.717) is 19.6 Å². The van der Waals surface area contributed by atoms with Gasteiger partial charge in [-0.3, -0.25) is 4.79 Å². The van der Waals surface area contributed by atoms with Gasteiger partial charge in [-0.1, -0.05) is 6.92 Å². The van der Waals surface area contributed by atoms with Gasteiger partial charge in [0.2, 0.25) is 5.13 Å². The fourth-order valence-electron chi connectivity index (χ4n) is 1.16. The molecule has 1 N–H and O–H groups in total. The first-order valence-electron chi connectivity index (χ1n) is 5.48. The topological polar surface area (TPSA) is 64.1 Å². The monoisotopic (exact) mass is 243 g/mol. The van der Waals surface area contributed by atoms with Crippen LogP contribution in [0.15, 0.2) is 0 Å². The molecule has 0 aliphatic carbocycles. The number of carbonyl (C=O) groups excluding carboxylic acids is 1. The molecule has 6 heteroatoms. The number of esters is 1. The molecule has 0 atom stereocenters. The summed E-state index contributed by atoms with van der Waals surface area (Å²) in [5.41, 5.74) is 0. The third kappa shape index (κ3) is 4.57. The third-order valence-corrected chi connectivity index (χ3v) is 2.56. The number of ether oxygens (including phenoxy) is 1. The van der Waals surface area contributed by atoms with Gasteiger partial charge in [-0.15, -0.1) is 0 Å². The molecule has 16 heavy (non-hydrogen) atoms. The molecule has 0 aliphatic rings. The lowest BCUT2D eigenvalue weighted by molar-refractivity contribution is -0.142. The van der Waals surface area contributed by atoms with E-state index in [9.17, 15) is 4.79 Å². The highest BCUT2D eigenvalue weighted by Gasteiger charge is 2.04. The van der Waals surface area contributed by atoms with Crippen molar-refractivity contribution >= 4 is 22.6 Å². The largest absolute Gasteiger partial charge is 0.466 e. The number of aryl methyl sites for hydroxylation is 1. The standard InChI is InChI=1S/C10H17N3O2S/c1-3-5-8-12-10(16-13-8)11-7-6-9(14)15-4-2/h3-7H2,1-2H3,(H,11,12,13). The number of nitrogens with one attached hydrogen (secondary N) is 1. The zero-order valence-corrected chi connectivity index (χ0v) is 10.5. The maximum absolute atomic E-state index is 11.0. The van der Waals surface area contributed by atoms with Gasteiger partial charge >= 0.3 is 5.97 Å². The second-order valence-electron chi connectivity index (χ2n) is 3.25. The fraction of sp³-hybridized carbons (Fsp3) is 0.700. The summed E-state index contributed by atoms with van der Waals surface area (Å²) < 4.78 is 9.00. The molecule has 5 nitrogen and oxygen atoms in total. The number of anilines is 1.